The Bertz CT molecular complexity index is 1250. The fourth-order valence-electron chi connectivity index (χ4n) is 4.83. The van der Waals surface area contributed by atoms with E-state index < -0.39 is 30.6 Å². The quantitative estimate of drug-likeness (QED) is 0.412. The molecule has 2 saturated heterocycles. The first kappa shape index (κ1) is 24.4. The van der Waals surface area contributed by atoms with Crippen LogP contribution in [0.4, 0.5) is 10.6 Å². The highest BCUT2D eigenvalue weighted by atomic mass is 16.6. The SMILES string of the molecule is CC1CC(Nc2ncnc3c2ncn3[C@@H]2O[C@H](c3cc(C(C)(C)C)no3)[C@@H](O)[C@H]2O)CCN1C(=O)O. The Morgan fingerprint density at radius 1 is 1.19 bits per heavy atom. The van der Waals surface area contributed by atoms with Crippen LogP contribution < -0.4 is 5.32 Å². The Balaban J connectivity index is 1.36. The van der Waals surface area contributed by atoms with Gasteiger partial charge in [0.25, 0.3) is 0 Å². The first-order valence-corrected chi connectivity index (χ1v) is 12.0. The number of aromatic nitrogens is 5. The minimum Gasteiger partial charge on any atom is -0.465 e. The molecule has 3 aromatic rings. The summed E-state index contributed by atoms with van der Waals surface area (Å²) in [5, 5.41) is 38.3. The van der Waals surface area contributed by atoms with Gasteiger partial charge in [0.1, 0.15) is 24.6 Å². The monoisotopic (exact) mass is 501 g/mol. The lowest BCUT2D eigenvalue weighted by Crippen LogP contribution is -2.47. The van der Waals surface area contributed by atoms with E-state index in [1.165, 1.54) is 17.6 Å². The average molecular weight is 502 g/mol. The Hall–Kier alpha value is -3.29. The van der Waals surface area contributed by atoms with E-state index in [0.29, 0.717) is 47.8 Å². The Kier molecular flexibility index (Phi) is 6.09. The molecule has 2 unspecified atom stereocenters. The highest BCUT2D eigenvalue weighted by Gasteiger charge is 2.47. The summed E-state index contributed by atoms with van der Waals surface area (Å²) in [7, 11) is 0. The maximum atomic E-state index is 11.4. The molecule has 6 atom stereocenters. The van der Waals surface area contributed by atoms with Crippen LogP contribution in [0.3, 0.4) is 0 Å². The number of nitrogens with zero attached hydrogens (tertiary/aromatic N) is 6. The molecule has 0 saturated carbocycles. The van der Waals surface area contributed by atoms with Crippen molar-refractivity contribution in [3.05, 3.63) is 30.2 Å². The lowest BCUT2D eigenvalue weighted by Gasteiger charge is -2.36. The third-order valence-electron chi connectivity index (χ3n) is 6.91. The summed E-state index contributed by atoms with van der Waals surface area (Å²) in [5.74, 6) is 0.839. The van der Waals surface area contributed by atoms with Crippen molar-refractivity contribution < 1.29 is 29.4 Å². The van der Waals surface area contributed by atoms with Crippen LogP contribution in [-0.4, -0.2) is 81.8 Å². The maximum Gasteiger partial charge on any atom is 0.407 e. The van der Waals surface area contributed by atoms with Crippen LogP contribution in [0.5, 0.6) is 0 Å². The van der Waals surface area contributed by atoms with Crippen LogP contribution in [0.15, 0.2) is 23.2 Å². The van der Waals surface area contributed by atoms with Gasteiger partial charge in [0.15, 0.2) is 29.0 Å². The van der Waals surface area contributed by atoms with E-state index in [-0.39, 0.29) is 17.5 Å². The number of aliphatic hydroxyl groups excluding tert-OH is 2. The normalized spacial score (nSPS) is 29.1. The fraction of sp³-hybridized carbons (Fsp3) is 0.609. The van der Waals surface area contributed by atoms with Crippen LogP contribution in [0.25, 0.3) is 11.2 Å². The van der Waals surface area contributed by atoms with Gasteiger partial charge >= 0.3 is 6.09 Å². The molecule has 0 spiro atoms. The zero-order chi connectivity index (χ0) is 25.8. The number of carbonyl (C=O) groups is 1. The van der Waals surface area contributed by atoms with Crippen LogP contribution in [-0.2, 0) is 10.2 Å². The number of amides is 1. The predicted molar refractivity (Wildman–Crippen MR) is 126 cm³/mol. The molecule has 13 heteroatoms. The molecular weight excluding hydrogens is 470 g/mol. The minimum absolute atomic E-state index is 0.0156. The molecular formula is C23H31N7O6. The Morgan fingerprint density at radius 2 is 1.97 bits per heavy atom. The largest absolute Gasteiger partial charge is 0.465 e. The summed E-state index contributed by atoms with van der Waals surface area (Å²) < 4.78 is 13.0. The smallest absolute Gasteiger partial charge is 0.407 e. The Morgan fingerprint density at radius 3 is 2.64 bits per heavy atom. The van der Waals surface area contributed by atoms with Gasteiger partial charge in [-0.2, -0.15) is 0 Å². The maximum absolute atomic E-state index is 11.4. The number of nitrogens with one attached hydrogen (secondary N) is 1. The molecule has 36 heavy (non-hydrogen) atoms. The number of rotatable bonds is 4. The molecule has 1 amide bonds. The summed E-state index contributed by atoms with van der Waals surface area (Å²) in [6, 6.07) is 1.62. The highest BCUT2D eigenvalue weighted by Crippen LogP contribution is 2.41. The zero-order valence-corrected chi connectivity index (χ0v) is 20.6. The van der Waals surface area contributed by atoms with Gasteiger partial charge in [-0.1, -0.05) is 25.9 Å². The second-order valence-electron chi connectivity index (χ2n) is 10.5. The van der Waals surface area contributed by atoms with Crippen LogP contribution in [0.1, 0.15) is 64.3 Å². The van der Waals surface area contributed by atoms with E-state index in [2.05, 4.69) is 25.4 Å². The molecule has 13 nitrogen and oxygen atoms in total. The van der Waals surface area contributed by atoms with Gasteiger partial charge in [-0.05, 0) is 19.8 Å². The molecule has 2 aliphatic heterocycles. The summed E-state index contributed by atoms with van der Waals surface area (Å²) in [6.45, 7) is 8.30. The molecule has 5 heterocycles. The number of carboxylic acid groups (broad SMARTS) is 1. The molecule has 0 aliphatic carbocycles. The molecule has 2 fully saturated rings. The first-order valence-electron chi connectivity index (χ1n) is 12.0. The van der Waals surface area contributed by atoms with Crippen molar-refractivity contribution >= 4 is 23.1 Å². The fourth-order valence-corrected chi connectivity index (χ4v) is 4.83. The molecule has 194 valence electrons. The van der Waals surface area contributed by atoms with Crippen molar-refractivity contribution in [1.29, 1.82) is 0 Å². The first-order chi connectivity index (χ1) is 17.0. The lowest BCUT2D eigenvalue weighted by atomic mass is 9.92. The number of anilines is 1. The predicted octanol–water partition coefficient (Wildman–Crippen LogP) is 2.05. The van der Waals surface area contributed by atoms with Gasteiger partial charge in [-0.3, -0.25) is 4.57 Å². The summed E-state index contributed by atoms with van der Waals surface area (Å²) in [5.41, 5.74) is 1.38. The number of ether oxygens (including phenoxy) is 1. The molecule has 0 bridgehead atoms. The number of fused-ring (bicyclic) bond motifs is 1. The number of imidazole rings is 1. The van der Waals surface area contributed by atoms with Gasteiger partial charge < -0.3 is 34.8 Å². The molecule has 4 N–H and O–H groups in total. The summed E-state index contributed by atoms with van der Waals surface area (Å²) in [6.07, 6.45) is -1.15. The van der Waals surface area contributed by atoms with Crippen molar-refractivity contribution in [3.8, 4) is 0 Å². The van der Waals surface area contributed by atoms with Gasteiger partial charge in [0.05, 0.1) is 12.0 Å². The van der Waals surface area contributed by atoms with Crippen molar-refractivity contribution in [2.45, 2.75) is 82.6 Å². The van der Waals surface area contributed by atoms with Gasteiger partial charge in [0, 0.05) is 30.1 Å². The molecule has 3 aromatic heterocycles. The third kappa shape index (κ3) is 4.27. The van der Waals surface area contributed by atoms with Gasteiger partial charge in [0.2, 0.25) is 0 Å². The summed E-state index contributed by atoms with van der Waals surface area (Å²) in [4.78, 5) is 25.9. The summed E-state index contributed by atoms with van der Waals surface area (Å²) >= 11 is 0. The second kappa shape index (κ2) is 8.98. The van der Waals surface area contributed by atoms with Crippen LogP contribution >= 0.6 is 0 Å². The highest BCUT2D eigenvalue weighted by molar-refractivity contribution is 5.82. The van der Waals surface area contributed by atoms with Crippen molar-refractivity contribution in [1.82, 2.24) is 29.6 Å². The molecule has 2 aliphatic rings. The van der Waals surface area contributed by atoms with Crippen molar-refractivity contribution in [3.63, 3.8) is 0 Å². The van der Waals surface area contributed by atoms with Crippen LogP contribution in [0, 0.1) is 0 Å². The van der Waals surface area contributed by atoms with E-state index in [1.807, 2.05) is 27.7 Å². The molecule has 5 rings (SSSR count). The topological polar surface area (TPSA) is 172 Å². The van der Waals surface area contributed by atoms with Crippen molar-refractivity contribution in [2.75, 3.05) is 11.9 Å². The van der Waals surface area contributed by atoms with E-state index >= 15 is 0 Å². The van der Waals surface area contributed by atoms with Gasteiger partial charge in [-0.25, -0.2) is 19.7 Å². The minimum atomic E-state index is -1.26. The van der Waals surface area contributed by atoms with Crippen molar-refractivity contribution in [2.24, 2.45) is 0 Å². The molecule has 0 radical (unpaired) electrons. The zero-order valence-electron chi connectivity index (χ0n) is 20.6. The van der Waals surface area contributed by atoms with Crippen LogP contribution in [0.2, 0.25) is 0 Å². The third-order valence-corrected chi connectivity index (χ3v) is 6.91. The number of likely N-dealkylation sites (tertiary alicyclic amines) is 1. The average Bonchev–Trinajstić information content (AvgIpc) is 3.53. The second-order valence-corrected chi connectivity index (χ2v) is 10.5. The van der Waals surface area contributed by atoms with E-state index in [4.69, 9.17) is 9.26 Å². The lowest BCUT2D eigenvalue weighted by molar-refractivity contribution is -0.0434. The number of hydrogen-bond acceptors (Lipinski definition) is 10. The number of piperidine rings is 1. The number of aliphatic hydroxyl groups is 2. The number of hydrogen-bond donors (Lipinski definition) is 4. The Labute approximate surface area is 207 Å². The molecule has 0 aromatic carbocycles. The van der Waals surface area contributed by atoms with E-state index in [0.717, 1.165) is 0 Å². The van der Waals surface area contributed by atoms with E-state index in [1.54, 1.807) is 10.6 Å². The standard InChI is InChI=1S/C23H31N7O6/c1-11-7-12(5-6-29(11)22(33)34)27-19-15-20(25-9-24-19)30(10-26-15)21-17(32)16(31)18(35-21)13-8-14(28-36-13)23(2,3)4/h8-12,16-18,21,31-32H,5-7H2,1-4H3,(H,33,34)(H,24,25,27)/t11?,12?,16-,17+,18+,21+/m0/s1. The van der Waals surface area contributed by atoms with E-state index in [9.17, 15) is 20.1 Å². The van der Waals surface area contributed by atoms with Gasteiger partial charge in [-0.15, -0.1) is 0 Å².